The van der Waals surface area contributed by atoms with E-state index in [9.17, 15) is 5.11 Å². The SMILES string of the molecule is CC(=[N-])C[O-].[Mn]. The molecule has 1 radical (unpaired) electrons. The Labute approximate surface area is 47.5 Å². The molecule has 2 nitrogen and oxygen atoms in total. The zero-order valence-electron chi connectivity index (χ0n) is 3.44. The molecule has 0 atom stereocenters. The van der Waals surface area contributed by atoms with E-state index in [0.717, 1.165) is 0 Å². The van der Waals surface area contributed by atoms with Crippen LogP contribution in [0, 0.1) is 0 Å². The van der Waals surface area contributed by atoms with Gasteiger partial charge in [-0.05, 0) is 0 Å². The quantitative estimate of drug-likeness (QED) is 0.341. The van der Waals surface area contributed by atoms with Crippen molar-refractivity contribution in [2.75, 3.05) is 6.61 Å². The minimum atomic E-state index is -0.472. The van der Waals surface area contributed by atoms with Crippen LogP contribution < -0.4 is 5.11 Å². The summed E-state index contributed by atoms with van der Waals surface area (Å²) in [7, 11) is 0. The molecule has 0 aliphatic carbocycles. The molecule has 0 N–H and O–H groups in total. The summed E-state index contributed by atoms with van der Waals surface area (Å²) in [6.45, 7) is 0.910. The molecule has 0 rings (SSSR count). The van der Waals surface area contributed by atoms with Crippen molar-refractivity contribution in [2.45, 2.75) is 6.92 Å². The molecule has 6 heavy (non-hydrogen) atoms. The summed E-state index contributed by atoms with van der Waals surface area (Å²) in [4.78, 5) is 0. The summed E-state index contributed by atoms with van der Waals surface area (Å²) >= 11 is 0. The van der Waals surface area contributed by atoms with Gasteiger partial charge in [0.25, 0.3) is 0 Å². The number of hydrogen-bond donors (Lipinski definition) is 0. The fourth-order valence-electron chi connectivity index (χ4n) is 0. The predicted molar refractivity (Wildman–Crippen MR) is 18.9 cm³/mol. The Kier molecular flexibility index (Phi) is 8.13. The molecule has 0 aromatic carbocycles. The van der Waals surface area contributed by atoms with E-state index in [0.29, 0.717) is 0 Å². The summed E-state index contributed by atoms with van der Waals surface area (Å²) in [5, 5.41) is 17.3. The van der Waals surface area contributed by atoms with Gasteiger partial charge in [-0.3, -0.25) is 0 Å². The third-order valence-corrected chi connectivity index (χ3v) is 0.209. The summed E-state index contributed by atoms with van der Waals surface area (Å²) in [5.41, 5.74) is -0.0509. The van der Waals surface area contributed by atoms with Crippen molar-refractivity contribution in [2.24, 2.45) is 0 Å². The van der Waals surface area contributed by atoms with Gasteiger partial charge in [-0.1, -0.05) is 6.92 Å². The fourth-order valence-corrected chi connectivity index (χ4v) is 0. The molecule has 0 aliphatic rings. The first kappa shape index (κ1) is 9.47. The van der Waals surface area contributed by atoms with Gasteiger partial charge in [0.1, 0.15) is 0 Å². The van der Waals surface area contributed by atoms with Gasteiger partial charge in [0.2, 0.25) is 0 Å². The van der Waals surface area contributed by atoms with Crippen LogP contribution in [0.5, 0.6) is 0 Å². The smallest absolute Gasteiger partial charge is 0 e. The van der Waals surface area contributed by atoms with Gasteiger partial charge in [-0.15, -0.1) is 6.61 Å². The minimum absolute atomic E-state index is 0. The molecule has 0 amide bonds. The molecule has 0 unspecified atom stereocenters. The standard InChI is InChI=1S/C3H5NO.Mn/c1-3(4)2-5;/h2H2,1H3;/q-2;. The van der Waals surface area contributed by atoms with Crippen molar-refractivity contribution in [1.82, 2.24) is 0 Å². The zero-order chi connectivity index (χ0) is 4.28. The topological polar surface area (TPSA) is 45.4 Å². The Bertz CT molecular complexity index is 46.1. The van der Waals surface area contributed by atoms with E-state index in [1.807, 2.05) is 0 Å². The van der Waals surface area contributed by atoms with Gasteiger partial charge in [0.05, 0.1) is 0 Å². The Morgan fingerprint density at radius 3 is 2.00 bits per heavy atom. The Morgan fingerprint density at radius 2 is 2.00 bits per heavy atom. The molecule has 0 aliphatic heterocycles. The molecule has 0 heterocycles. The maximum Gasteiger partial charge on any atom is 0 e. The summed E-state index contributed by atoms with van der Waals surface area (Å²) in [6, 6.07) is 0. The first-order chi connectivity index (χ1) is 2.27. The maximum atomic E-state index is 9.34. The molecule has 0 aromatic rings. The first-order valence-electron chi connectivity index (χ1n) is 1.37. The Morgan fingerprint density at radius 1 is 1.83 bits per heavy atom. The van der Waals surface area contributed by atoms with Gasteiger partial charge >= 0.3 is 0 Å². The molecule has 37 valence electrons. The molecule has 0 bridgehead atoms. The fraction of sp³-hybridized carbons (Fsp3) is 0.667. The third kappa shape index (κ3) is 8.91. The van der Waals surface area contributed by atoms with E-state index in [1.54, 1.807) is 0 Å². The van der Waals surface area contributed by atoms with Crippen LogP contribution in [0.4, 0.5) is 0 Å². The van der Waals surface area contributed by atoms with E-state index < -0.39 is 6.61 Å². The van der Waals surface area contributed by atoms with Crippen LogP contribution in [0.3, 0.4) is 0 Å². The summed E-state index contributed by atoms with van der Waals surface area (Å²) in [6.07, 6.45) is 0. The van der Waals surface area contributed by atoms with E-state index in [-0.39, 0.29) is 22.8 Å². The molecule has 0 saturated heterocycles. The normalized spacial score (nSPS) is 6.33. The van der Waals surface area contributed by atoms with Gasteiger partial charge in [0, 0.05) is 17.1 Å². The van der Waals surface area contributed by atoms with Crippen molar-refractivity contribution in [3.63, 3.8) is 0 Å². The molecular formula is C3H5MnNO-2. The van der Waals surface area contributed by atoms with E-state index >= 15 is 0 Å². The van der Waals surface area contributed by atoms with Crippen LogP contribution in [-0.2, 0) is 17.1 Å². The average molecular weight is 126 g/mol. The van der Waals surface area contributed by atoms with Crippen LogP contribution >= 0.6 is 0 Å². The maximum absolute atomic E-state index is 9.34. The molecule has 3 heteroatoms. The monoisotopic (exact) mass is 126 g/mol. The van der Waals surface area contributed by atoms with Crippen molar-refractivity contribution in [1.29, 1.82) is 0 Å². The third-order valence-electron chi connectivity index (χ3n) is 0.209. The van der Waals surface area contributed by atoms with Crippen LogP contribution in [0.1, 0.15) is 6.92 Å². The Hall–Kier alpha value is 0.149. The van der Waals surface area contributed by atoms with Crippen LogP contribution in [-0.4, -0.2) is 12.3 Å². The van der Waals surface area contributed by atoms with Gasteiger partial charge < -0.3 is 10.5 Å². The second-order valence-electron chi connectivity index (χ2n) is 0.880. The first-order valence-corrected chi connectivity index (χ1v) is 1.37. The predicted octanol–water partition coefficient (Wildman–Crippen LogP) is -0.625. The average Bonchev–Trinajstić information content (AvgIpc) is 1.38. The molecule has 0 saturated carbocycles. The number of nitrogens with zero attached hydrogens (tertiary/aromatic N) is 1. The van der Waals surface area contributed by atoms with Crippen molar-refractivity contribution in [3.8, 4) is 0 Å². The second-order valence-corrected chi connectivity index (χ2v) is 0.880. The van der Waals surface area contributed by atoms with Gasteiger partial charge in [-0.25, -0.2) is 5.71 Å². The van der Waals surface area contributed by atoms with E-state index in [1.165, 1.54) is 6.92 Å². The molecular weight excluding hydrogens is 121 g/mol. The summed E-state index contributed by atoms with van der Waals surface area (Å²) < 4.78 is 0. The molecule has 0 spiro atoms. The van der Waals surface area contributed by atoms with Crippen molar-refractivity contribution < 1.29 is 22.2 Å². The number of rotatable bonds is 1. The zero-order valence-corrected chi connectivity index (χ0v) is 4.62. The van der Waals surface area contributed by atoms with Crippen LogP contribution in [0.2, 0.25) is 0 Å². The molecule has 0 fully saturated rings. The van der Waals surface area contributed by atoms with Crippen LogP contribution in [0.15, 0.2) is 0 Å². The van der Waals surface area contributed by atoms with Crippen LogP contribution in [0.25, 0.3) is 5.41 Å². The number of hydrogen-bond acceptors (Lipinski definition) is 1. The Balaban J connectivity index is 0. The largest absolute Gasteiger partial charge is 0.853 e. The molecule has 0 aromatic heterocycles. The van der Waals surface area contributed by atoms with Crippen molar-refractivity contribution >= 4 is 5.71 Å². The second kappa shape index (κ2) is 5.15. The van der Waals surface area contributed by atoms with Gasteiger partial charge in [0.15, 0.2) is 0 Å². The van der Waals surface area contributed by atoms with Gasteiger partial charge in [-0.2, -0.15) is 0 Å². The van der Waals surface area contributed by atoms with Crippen molar-refractivity contribution in [3.05, 3.63) is 5.41 Å². The minimum Gasteiger partial charge on any atom is -0.853 e. The van der Waals surface area contributed by atoms with E-state index in [2.05, 4.69) is 0 Å². The van der Waals surface area contributed by atoms with E-state index in [4.69, 9.17) is 5.41 Å². The summed E-state index contributed by atoms with van der Waals surface area (Å²) in [5.74, 6) is 0.